The lowest BCUT2D eigenvalue weighted by atomic mass is 10.1. The van der Waals surface area contributed by atoms with Crippen molar-refractivity contribution in [1.82, 2.24) is 5.32 Å². The second-order valence-electron chi connectivity index (χ2n) is 6.70. The van der Waals surface area contributed by atoms with Gasteiger partial charge in [0.15, 0.2) is 11.5 Å². The van der Waals surface area contributed by atoms with Gasteiger partial charge >= 0.3 is 6.18 Å². The maximum atomic E-state index is 13.0. The fourth-order valence-corrected chi connectivity index (χ4v) is 3.08. The molecule has 0 saturated carbocycles. The minimum absolute atomic E-state index is 0.0289. The molecule has 3 rings (SSSR count). The topological polar surface area (TPSA) is 59.6 Å². The Hall–Kier alpha value is -2.74. The van der Waals surface area contributed by atoms with Crippen LogP contribution in [-0.2, 0) is 11.0 Å². The molecule has 2 unspecified atom stereocenters. The van der Waals surface area contributed by atoms with Crippen molar-refractivity contribution in [2.45, 2.75) is 38.5 Å². The highest BCUT2D eigenvalue weighted by atomic mass is 19.4. The maximum Gasteiger partial charge on any atom is 0.418 e. The zero-order chi connectivity index (χ0) is 20.3. The number of fused-ring (bicyclic) bond motifs is 1. The number of halogens is 3. The molecule has 0 aromatic heterocycles. The molecule has 0 spiro atoms. The number of para-hydroxylation sites is 1. The van der Waals surface area contributed by atoms with Gasteiger partial charge in [-0.3, -0.25) is 4.79 Å². The lowest BCUT2D eigenvalue weighted by Crippen LogP contribution is -2.32. The molecule has 1 aliphatic heterocycles. The van der Waals surface area contributed by atoms with Crippen LogP contribution in [-0.4, -0.2) is 18.7 Å². The van der Waals surface area contributed by atoms with Crippen LogP contribution >= 0.6 is 0 Å². The summed E-state index contributed by atoms with van der Waals surface area (Å²) in [4.78, 5) is 12.2. The first-order valence-electron chi connectivity index (χ1n) is 8.85. The SMILES string of the molecule is CC(CC(=O)Nc1ccccc1C(F)(F)F)NC(C)c1ccc2c(c1)OCO2. The van der Waals surface area contributed by atoms with Crippen LogP contribution in [0.1, 0.15) is 37.4 Å². The second-order valence-corrected chi connectivity index (χ2v) is 6.70. The third kappa shape index (κ3) is 4.75. The van der Waals surface area contributed by atoms with Crippen LogP contribution < -0.4 is 20.1 Å². The Bertz CT molecular complexity index is 855. The molecule has 0 radical (unpaired) electrons. The van der Waals surface area contributed by atoms with Gasteiger partial charge in [-0.25, -0.2) is 0 Å². The number of rotatable bonds is 6. The monoisotopic (exact) mass is 394 g/mol. The molecule has 0 saturated heterocycles. The minimum atomic E-state index is -4.53. The number of benzene rings is 2. The standard InChI is InChI=1S/C20H21F3N2O3/c1-12(24-13(2)14-7-8-17-18(10-14)28-11-27-17)9-19(26)25-16-6-4-3-5-15(16)20(21,22)23/h3-8,10,12-13,24H,9,11H2,1-2H3,(H,25,26). The van der Waals surface area contributed by atoms with E-state index in [1.54, 1.807) is 6.92 Å². The Morgan fingerprint density at radius 2 is 1.82 bits per heavy atom. The van der Waals surface area contributed by atoms with E-state index in [1.165, 1.54) is 18.2 Å². The van der Waals surface area contributed by atoms with Crippen molar-refractivity contribution >= 4 is 11.6 Å². The van der Waals surface area contributed by atoms with E-state index in [-0.39, 0.29) is 31.0 Å². The summed E-state index contributed by atoms with van der Waals surface area (Å²) in [7, 11) is 0. The summed E-state index contributed by atoms with van der Waals surface area (Å²) in [5.74, 6) is 0.863. The fourth-order valence-electron chi connectivity index (χ4n) is 3.08. The van der Waals surface area contributed by atoms with Crippen molar-refractivity contribution < 1.29 is 27.4 Å². The molecule has 0 aliphatic carbocycles. The van der Waals surface area contributed by atoms with Gasteiger partial charge in [0.1, 0.15) is 0 Å². The summed E-state index contributed by atoms with van der Waals surface area (Å²) in [6.45, 7) is 3.93. The van der Waals surface area contributed by atoms with Gasteiger partial charge in [-0.2, -0.15) is 13.2 Å². The van der Waals surface area contributed by atoms with Crippen LogP contribution in [0.5, 0.6) is 11.5 Å². The van der Waals surface area contributed by atoms with E-state index in [4.69, 9.17) is 9.47 Å². The van der Waals surface area contributed by atoms with Gasteiger partial charge in [0.25, 0.3) is 0 Å². The fraction of sp³-hybridized carbons (Fsp3) is 0.350. The number of ether oxygens (including phenoxy) is 2. The Morgan fingerprint density at radius 3 is 2.57 bits per heavy atom. The van der Waals surface area contributed by atoms with E-state index in [2.05, 4.69) is 10.6 Å². The third-order valence-corrected chi connectivity index (χ3v) is 4.43. The molecule has 1 aliphatic rings. The van der Waals surface area contributed by atoms with Crippen LogP contribution in [0.25, 0.3) is 0 Å². The van der Waals surface area contributed by atoms with Crippen molar-refractivity contribution in [2.75, 3.05) is 12.1 Å². The number of carbonyl (C=O) groups is 1. The van der Waals surface area contributed by atoms with Gasteiger partial charge in [0.2, 0.25) is 12.7 Å². The van der Waals surface area contributed by atoms with Gasteiger partial charge < -0.3 is 20.1 Å². The number of alkyl halides is 3. The van der Waals surface area contributed by atoms with Crippen molar-refractivity contribution in [2.24, 2.45) is 0 Å². The van der Waals surface area contributed by atoms with E-state index in [1.807, 2.05) is 25.1 Å². The summed E-state index contributed by atoms with van der Waals surface area (Å²) < 4.78 is 49.7. The molecule has 28 heavy (non-hydrogen) atoms. The first kappa shape index (κ1) is 20.0. The highest BCUT2D eigenvalue weighted by Crippen LogP contribution is 2.35. The molecule has 2 aromatic carbocycles. The van der Waals surface area contributed by atoms with Gasteiger partial charge in [0.05, 0.1) is 11.3 Å². The first-order valence-corrected chi connectivity index (χ1v) is 8.85. The summed E-state index contributed by atoms with van der Waals surface area (Å²) in [5, 5.41) is 5.63. The summed E-state index contributed by atoms with van der Waals surface area (Å²) >= 11 is 0. The molecular weight excluding hydrogens is 373 g/mol. The van der Waals surface area contributed by atoms with E-state index in [9.17, 15) is 18.0 Å². The molecule has 0 bridgehead atoms. The predicted molar refractivity (Wildman–Crippen MR) is 98.3 cm³/mol. The van der Waals surface area contributed by atoms with E-state index in [0.717, 1.165) is 11.6 Å². The number of carbonyl (C=O) groups excluding carboxylic acids is 1. The first-order chi connectivity index (χ1) is 13.2. The van der Waals surface area contributed by atoms with Gasteiger partial charge in [-0.15, -0.1) is 0 Å². The highest BCUT2D eigenvalue weighted by molar-refractivity contribution is 5.92. The molecule has 1 heterocycles. The Balaban J connectivity index is 1.58. The van der Waals surface area contributed by atoms with Crippen molar-refractivity contribution in [3.05, 3.63) is 53.6 Å². The molecule has 5 nitrogen and oxygen atoms in total. The van der Waals surface area contributed by atoms with Crippen LogP contribution in [0.15, 0.2) is 42.5 Å². The van der Waals surface area contributed by atoms with Gasteiger partial charge in [0, 0.05) is 18.5 Å². The van der Waals surface area contributed by atoms with Crippen LogP contribution in [0.4, 0.5) is 18.9 Å². The molecular formula is C20H21F3N2O3. The third-order valence-electron chi connectivity index (χ3n) is 4.43. The smallest absolute Gasteiger partial charge is 0.418 e. The summed E-state index contributed by atoms with van der Waals surface area (Å²) in [5.41, 5.74) is -0.146. The normalized spacial score (nSPS) is 15.2. The van der Waals surface area contributed by atoms with Crippen molar-refractivity contribution in [3.8, 4) is 11.5 Å². The second kappa shape index (κ2) is 8.10. The molecule has 1 amide bonds. The summed E-state index contributed by atoms with van der Waals surface area (Å²) in [6, 6.07) is 10.2. The Kier molecular flexibility index (Phi) is 5.79. The largest absolute Gasteiger partial charge is 0.454 e. The number of nitrogens with one attached hydrogen (secondary N) is 2. The lowest BCUT2D eigenvalue weighted by molar-refractivity contribution is -0.137. The van der Waals surface area contributed by atoms with Crippen molar-refractivity contribution in [3.63, 3.8) is 0 Å². The van der Waals surface area contributed by atoms with Crippen LogP contribution in [0.3, 0.4) is 0 Å². The number of amides is 1. The average molecular weight is 394 g/mol. The minimum Gasteiger partial charge on any atom is -0.454 e. The Morgan fingerprint density at radius 1 is 1.11 bits per heavy atom. The average Bonchev–Trinajstić information content (AvgIpc) is 3.08. The maximum absolute atomic E-state index is 13.0. The van der Waals surface area contributed by atoms with E-state index in [0.29, 0.717) is 11.5 Å². The number of hydrogen-bond acceptors (Lipinski definition) is 4. The quantitative estimate of drug-likeness (QED) is 0.757. The van der Waals surface area contributed by atoms with Crippen molar-refractivity contribution in [1.29, 1.82) is 0 Å². The molecule has 2 atom stereocenters. The molecule has 2 N–H and O–H groups in total. The summed E-state index contributed by atoms with van der Waals surface area (Å²) in [6.07, 6.45) is -4.50. The zero-order valence-electron chi connectivity index (χ0n) is 15.5. The predicted octanol–water partition coefficient (Wildman–Crippen LogP) is 4.50. The molecule has 150 valence electrons. The van der Waals surface area contributed by atoms with E-state index < -0.39 is 17.6 Å². The lowest BCUT2D eigenvalue weighted by Gasteiger charge is -2.21. The molecule has 0 fully saturated rings. The molecule has 2 aromatic rings. The Labute approximate surface area is 160 Å². The van der Waals surface area contributed by atoms with Gasteiger partial charge in [-0.05, 0) is 43.7 Å². The zero-order valence-corrected chi connectivity index (χ0v) is 15.5. The highest BCUT2D eigenvalue weighted by Gasteiger charge is 2.33. The van der Waals surface area contributed by atoms with E-state index >= 15 is 0 Å². The van der Waals surface area contributed by atoms with Gasteiger partial charge in [-0.1, -0.05) is 18.2 Å². The van der Waals surface area contributed by atoms with Crippen LogP contribution in [0, 0.1) is 0 Å². The molecule has 8 heteroatoms. The van der Waals surface area contributed by atoms with Crippen LogP contribution in [0.2, 0.25) is 0 Å². The number of anilines is 1. The number of hydrogen-bond donors (Lipinski definition) is 2.